The fourth-order valence-corrected chi connectivity index (χ4v) is 3.91. The highest BCUT2D eigenvalue weighted by Gasteiger charge is 2.42. The molecule has 2 heterocycles. The van der Waals surface area contributed by atoms with Crippen LogP contribution in [-0.4, -0.2) is 17.0 Å². The number of hydrogen-bond acceptors (Lipinski definition) is 4. The Kier molecular flexibility index (Phi) is 4.21. The standard InChI is InChI=1S/C18H14F3NO3S/c1-17(2)12-4-3-11(16(24)25)6-13(12)22(14(17)8-23)7-10-5-15(26-9-10)18(19,20)21/h3-6,9H,7H2,1-2H3,(H,24,25). The molecule has 3 rings (SSSR count). The van der Waals surface area contributed by atoms with Gasteiger partial charge < -0.3 is 10.0 Å². The minimum atomic E-state index is -4.43. The molecule has 0 spiro atoms. The number of carbonyl (C=O) groups excluding carboxylic acids is 1. The number of nitrogens with zero attached hydrogens (tertiary/aromatic N) is 1. The third-order valence-electron chi connectivity index (χ3n) is 4.44. The van der Waals surface area contributed by atoms with Crippen molar-refractivity contribution in [2.24, 2.45) is 0 Å². The zero-order chi connectivity index (χ0) is 19.3. The Labute approximate surface area is 151 Å². The first-order chi connectivity index (χ1) is 12.1. The van der Waals surface area contributed by atoms with Crippen molar-refractivity contribution in [3.63, 3.8) is 0 Å². The van der Waals surface area contributed by atoms with Crippen molar-refractivity contribution >= 4 is 28.9 Å². The topological polar surface area (TPSA) is 57.6 Å². The monoisotopic (exact) mass is 381 g/mol. The molecule has 1 aliphatic rings. The van der Waals surface area contributed by atoms with Crippen LogP contribution in [0.1, 0.15) is 40.2 Å². The summed E-state index contributed by atoms with van der Waals surface area (Å²) in [6.45, 7) is 3.61. The second kappa shape index (κ2) is 6.00. The molecule has 0 bridgehead atoms. The van der Waals surface area contributed by atoms with Crippen LogP contribution < -0.4 is 4.90 Å². The van der Waals surface area contributed by atoms with Gasteiger partial charge in [-0.05, 0) is 48.6 Å². The predicted octanol–water partition coefficient (Wildman–Crippen LogP) is 4.48. The molecular formula is C18H14F3NO3S. The van der Waals surface area contributed by atoms with Crippen LogP contribution >= 0.6 is 11.3 Å². The lowest BCUT2D eigenvalue weighted by atomic mass is 9.84. The molecule has 0 fully saturated rings. The first-order valence-corrected chi connectivity index (χ1v) is 8.49. The second-order valence-corrected chi connectivity index (χ2v) is 7.43. The van der Waals surface area contributed by atoms with E-state index in [1.54, 1.807) is 19.9 Å². The lowest BCUT2D eigenvalue weighted by molar-refractivity contribution is -0.134. The van der Waals surface area contributed by atoms with Crippen LogP contribution in [0, 0.1) is 0 Å². The maximum absolute atomic E-state index is 12.8. The molecule has 8 heteroatoms. The zero-order valence-corrected chi connectivity index (χ0v) is 14.7. The van der Waals surface area contributed by atoms with Crippen LogP contribution in [0.5, 0.6) is 0 Å². The Morgan fingerprint density at radius 3 is 2.54 bits per heavy atom. The first kappa shape index (κ1) is 18.2. The molecule has 0 atom stereocenters. The summed E-state index contributed by atoms with van der Waals surface area (Å²) >= 11 is 0.584. The number of carbonyl (C=O) groups is 1. The molecule has 136 valence electrons. The van der Waals surface area contributed by atoms with Crippen LogP contribution in [0.2, 0.25) is 0 Å². The van der Waals surface area contributed by atoms with E-state index < -0.39 is 22.4 Å². The van der Waals surface area contributed by atoms with Gasteiger partial charge in [0.2, 0.25) is 0 Å². The van der Waals surface area contributed by atoms with Crippen molar-refractivity contribution in [2.45, 2.75) is 32.0 Å². The Balaban J connectivity index is 2.06. The third kappa shape index (κ3) is 2.91. The van der Waals surface area contributed by atoms with Crippen molar-refractivity contribution in [3.05, 3.63) is 56.9 Å². The molecule has 1 aromatic carbocycles. The summed E-state index contributed by atoms with van der Waals surface area (Å²) < 4.78 is 38.5. The number of fused-ring (bicyclic) bond motifs is 1. The number of allylic oxidation sites excluding steroid dienone is 1. The molecule has 2 aromatic rings. The molecule has 0 saturated heterocycles. The fourth-order valence-electron chi connectivity index (χ4n) is 3.14. The van der Waals surface area contributed by atoms with E-state index in [0.29, 0.717) is 22.6 Å². The predicted molar refractivity (Wildman–Crippen MR) is 91.1 cm³/mol. The molecule has 4 nitrogen and oxygen atoms in total. The van der Waals surface area contributed by atoms with Gasteiger partial charge in [0, 0.05) is 17.6 Å². The highest BCUT2D eigenvalue weighted by Crippen LogP contribution is 2.48. The van der Waals surface area contributed by atoms with E-state index in [-0.39, 0.29) is 17.8 Å². The Morgan fingerprint density at radius 1 is 1.31 bits per heavy atom. The highest BCUT2D eigenvalue weighted by atomic mass is 32.1. The zero-order valence-electron chi connectivity index (χ0n) is 13.8. The molecule has 0 radical (unpaired) electrons. The number of rotatable bonds is 3. The molecule has 0 amide bonds. The maximum Gasteiger partial charge on any atom is 0.425 e. The van der Waals surface area contributed by atoms with Gasteiger partial charge in [-0.2, -0.15) is 13.2 Å². The normalized spacial score (nSPS) is 15.7. The van der Waals surface area contributed by atoms with Crippen LogP contribution in [0.15, 0.2) is 35.3 Å². The van der Waals surface area contributed by atoms with E-state index in [9.17, 15) is 27.9 Å². The van der Waals surface area contributed by atoms with E-state index in [2.05, 4.69) is 0 Å². The lowest BCUT2D eigenvalue weighted by Gasteiger charge is -2.23. The Bertz CT molecular complexity index is 939. The number of halogens is 3. The molecule has 1 N–H and O–H groups in total. The molecule has 0 unspecified atom stereocenters. The third-order valence-corrected chi connectivity index (χ3v) is 5.47. The molecule has 0 aliphatic carbocycles. The van der Waals surface area contributed by atoms with Gasteiger partial charge in [-0.25, -0.2) is 9.59 Å². The van der Waals surface area contributed by atoms with Crippen LogP contribution in [0.25, 0.3) is 0 Å². The number of benzene rings is 1. The smallest absolute Gasteiger partial charge is 0.425 e. The summed E-state index contributed by atoms with van der Waals surface area (Å²) in [5.41, 5.74) is 1.18. The average molecular weight is 381 g/mol. The number of carboxylic acids is 1. The van der Waals surface area contributed by atoms with Gasteiger partial charge in [-0.1, -0.05) is 6.07 Å². The van der Waals surface area contributed by atoms with Crippen molar-refractivity contribution in [2.75, 3.05) is 4.90 Å². The van der Waals surface area contributed by atoms with Crippen LogP contribution in [0.3, 0.4) is 0 Å². The summed E-state index contributed by atoms with van der Waals surface area (Å²) in [6, 6.07) is 5.55. The van der Waals surface area contributed by atoms with E-state index in [1.165, 1.54) is 22.4 Å². The van der Waals surface area contributed by atoms with E-state index >= 15 is 0 Å². The largest absolute Gasteiger partial charge is 0.478 e. The Hall–Kier alpha value is -2.57. The van der Waals surface area contributed by atoms with Crippen molar-refractivity contribution in [1.29, 1.82) is 0 Å². The van der Waals surface area contributed by atoms with Crippen LogP contribution in [0.4, 0.5) is 18.9 Å². The van der Waals surface area contributed by atoms with Crippen molar-refractivity contribution in [3.8, 4) is 0 Å². The van der Waals surface area contributed by atoms with Gasteiger partial charge in [-0.15, -0.1) is 11.3 Å². The van der Waals surface area contributed by atoms with E-state index in [0.717, 1.165) is 11.6 Å². The second-order valence-electron chi connectivity index (χ2n) is 6.52. The first-order valence-electron chi connectivity index (χ1n) is 7.61. The number of aromatic carboxylic acids is 1. The molecule has 1 aliphatic heterocycles. The number of carboxylic acid groups (broad SMARTS) is 1. The quantitative estimate of drug-likeness (QED) is 0.797. The Morgan fingerprint density at radius 2 is 2.00 bits per heavy atom. The van der Waals surface area contributed by atoms with Gasteiger partial charge in [0.15, 0.2) is 0 Å². The lowest BCUT2D eigenvalue weighted by Crippen LogP contribution is -2.26. The number of alkyl halides is 3. The van der Waals surface area contributed by atoms with E-state index in [4.69, 9.17) is 0 Å². The van der Waals surface area contributed by atoms with Crippen molar-refractivity contribution in [1.82, 2.24) is 0 Å². The fraction of sp³-hybridized carbons (Fsp3) is 0.278. The summed E-state index contributed by atoms with van der Waals surface area (Å²) in [6.07, 6.45) is -4.43. The van der Waals surface area contributed by atoms with Gasteiger partial charge in [-0.3, -0.25) is 0 Å². The number of thiophene rings is 1. The van der Waals surface area contributed by atoms with Gasteiger partial charge in [0.25, 0.3) is 0 Å². The van der Waals surface area contributed by atoms with Crippen LogP contribution in [-0.2, 0) is 22.9 Å². The molecular weight excluding hydrogens is 367 g/mol. The molecule has 26 heavy (non-hydrogen) atoms. The van der Waals surface area contributed by atoms with Gasteiger partial charge >= 0.3 is 12.1 Å². The summed E-state index contributed by atoms with van der Waals surface area (Å²) in [5.74, 6) is 0.762. The number of hydrogen-bond donors (Lipinski definition) is 1. The van der Waals surface area contributed by atoms with E-state index in [1.807, 2.05) is 5.94 Å². The highest BCUT2D eigenvalue weighted by molar-refractivity contribution is 7.10. The maximum atomic E-state index is 12.8. The van der Waals surface area contributed by atoms with Crippen molar-refractivity contribution < 1.29 is 27.9 Å². The average Bonchev–Trinajstić information content (AvgIpc) is 3.09. The summed E-state index contributed by atoms with van der Waals surface area (Å²) in [5, 5.41) is 10.6. The van der Waals surface area contributed by atoms with Gasteiger partial charge in [0.05, 0.1) is 5.56 Å². The molecule has 1 aromatic heterocycles. The summed E-state index contributed by atoms with van der Waals surface area (Å²) in [7, 11) is 0. The summed E-state index contributed by atoms with van der Waals surface area (Å²) in [4.78, 5) is 23.7. The molecule has 0 saturated carbocycles. The SMILES string of the molecule is CC1(C)C(=C=O)N(Cc2csc(C(F)(F)F)c2)c2cc(C(=O)O)ccc21. The number of anilines is 1. The minimum absolute atomic E-state index is 0.0245. The minimum Gasteiger partial charge on any atom is -0.478 e. The van der Waals surface area contributed by atoms with Gasteiger partial charge in [0.1, 0.15) is 16.5 Å².